The van der Waals surface area contributed by atoms with Gasteiger partial charge in [-0.3, -0.25) is 15.5 Å². The van der Waals surface area contributed by atoms with Gasteiger partial charge < -0.3 is 10.3 Å². The molecule has 6 heteroatoms. The molecule has 1 atom stereocenters. The van der Waals surface area contributed by atoms with Crippen LogP contribution in [0.4, 0.5) is 5.69 Å². The molecule has 1 fully saturated rings. The van der Waals surface area contributed by atoms with Gasteiger partial charge in [-0.1, -0.05) is 18.5 Å². The maximum absolute atomic E-state index is 12.7. The summed E-state index contributed by atoms with van der Waals surface area (Å²) in [6.07, 6.45) is 1.03. The number of hydrogen-bond acceptors (Lipinski definition) is 4. The highest BCUT2D eigenvalue weighted by Crippen LogP contribution is 2.23. The first kappa shape index (κ1) is 15.1. The van der Waals surface area contributed by atoms with E-state index in [4.69, 9.17) is 17.4 Å². The van der Waals surface area contributed by atoms with Crippen LogP contribution in [-0.2, 0) is 0 Å². The summed E-state index contributed by atoms with van der Waals surface area (Å²) in [6, 6.07) is 5.51. The minimum absolute atomic E-state index is 0.0213. The Hall–Kier alpha value is -1.30. The molecule has 1 heterocycles. The minimum atomic E-state index is -0.0213. The van der Waals surface area contributed by atoms with Crippen LogP contribution in [0.5, 0.6) is 0 Å². The Morgan fingerprint density at radius 1 is 1.50 bits per heavy atom. The summed E-state index contributed by atoms with van der Waals surface area (Å²) in [5.74, 6) is 5.45. The average molecular weight is 297 g/mol. The van der Waals surface area contributed by atoms with Crippen LogP contribution in [0.15, 0.2) is 18.2 Å². The monoisotopic (exact) mass is 296 g/mol. The van der Waals surface area contributed by atoms with Gasteiger partial charge in [0.2, 0.25) is 0 Å². The van der Waals surface area contributed by atoms with Crippen LogP contribution in [0.3, 0.4) is 0 Å². The maximum atomic E-state index is 12.7. The summed E-state index contributed by atoms with van der Waals surface area (Å²) >= 11 is 5.99. The normalized spacial score (nSPS) is 20.0. The molecule has 5 nitrogen and oxygen atoms in total. The van der Waals surface area contributed by atoms with E-state index in [-0.39, 0.29) is 5.91 Å². The number of amides is 1. The first-order valence-corrected chi connectivity index (χ1v) is 7.20. The molecule has 0 aromatic heterocycles. The highest BCUT2D eigenvalue weighted by Gasteiger charge is 2.27. The van der Waals surface area contributed by atoms with E-state index < -0.39 is 0 Å². The van der Waals surface area contributed by atoms with Gasteiger partial charge in [0.1, 0.15) is 0 Å². The second kappa shape index (κ2) is 6.43. The third-order valence-electron chi connectivity index (χ3n) is 3.90. The molecule has 1 saturated heterocycles. The third-order valence-corrected chi connectivity index (χ3v) is 4.14. The smallest absolute Gasteiger partial charge is 0.256 e. The largest absolute Gasteiger partial charge is 0.336 e. The highest BCUT2D eigenvalue weighted by atomic mass is 35.5. The minimum Gasteiger partial charge on any atom is -0.336 e. The Bertz CT molecular complexity index is 494. The molecule has 1 unspecified atom stereocenters. The summed E-state index contributed by atoms with van der Waals surface area (Å²) < 4.78 is 0. The van der Waals surface area contributed by atoms with Gasteiger partial charge >= 0.3 is 0 Å². The lowest BCUT2D eigenvalue weighted by Crippen LogP contribution is -2.53. The van der Waals surface area contributed by atoms with E-state index in [9.17, 15) is 4.79 Å². The molecule has 3 N–H and O–H groups in total. The first-order chi connectivity index (χ1) is 9.56. The third kappa shape index (κ3) is 3.06. The molecule has 2 rings (SSSR count). The van der Waals surface area contributed by atoms with Crippen LogP contribution in [0.1, 0.15) is 23.7 Å². The zero-order valence-corrected chi connectivity index (χ0v) is 12.7. The van der Waals surface area contributed by atoms with Crippen molar-refractivity contribution in [2.24, 2.45) is 5.84 Å². The Morgan fingerprint density at radius 2 is 2.25 bits per heavy atom. The van der Waals surface area contributed by atoms with Crippen LogP contribution >= 0.6 is 11.6 Å². The highest BCUT2D eigenvalue weighted by molar-refractivity contribution is 6.31. The van der Waals surface area contributed by atoms with Crippen LogP contribution in [-0.4, -0.2) is 48.4 Å². The molecule has 0 spiro atoms. The van der Waals surface area contributed by atoms with Gasteiger partial charge in [0.15, 0.2) is 0 Å². The standard InChI is InChI=1S/C14H21ClN4O/c1-3-11-9-19(7-6-18(11)2)14(20)12-8-10(15)4-5-13(12)17-16/h4-5,8,11,17H,3,6-7,9,16H2,1-2H3. The lowest BCUT2D eigenvalue weighted by atomic mass is 10.1. The second-order valence-corrected chi connectivity index (χ2v) is 5.56. The number of hydrazine groups is 1. The van der Waals surface area contributed by atoms with Gasteiger partial charge in [0.05, 0.1) is 11.3 Å². The van der Waals surface area contributed by atoms with E-state index in [1.165, 1.54) is 0 Å². The molecule has 1 aliphatic heterocycles. The number of nitrogen functional groups attached to an aromatic ring is 1. The number of hydrogen-bond donors (Lipinski definition) is 2. The number of carbonyl (C=O) groups is 1. The molecular formula is C14H21ClN4O. The van der Waals surface area contributed by atoms with Crippen molar-refractivity contribution in [3.05, 3.63) is 28.8 Å². The zero-order chi connectivity index (χ0) is 14.7. The topological polar surface area (TPSA) is 61.6 Å². The molecule has 20 heavy (non-hydrogen) atoms. The van der Waals surface area contributed by atoms with Gasteiger partial charge in [-0.15, -0.1) is 0 Å². The van der Waals surface area contributed by atoms with Gasteiger partial charge in [-0.05, 0) is 31.7 Å². The Labute approximate surface area is 124 Å². The number of carbonyl (C=O) groups excluding carboxylic acids is 1. The summed E-state index contributed by atoms with van der Waals surface area (Å²) in [5.41, 5.74) is 3.69. The quantitative estimate of drug-likeness (QED) is 0.659. The van der Waals surface area contributed by atoms with Crippen LogP contribution < -0.4 is 11.3 Å². The number of piperazine rings is 1. The summed E-state index contributed by atoms with van der Waals surface area (Å²) in [7, 11) is 2.10. The van der Waals surface area contributed by atoms with Crippen molar-refractivity contribution < 1.29 is 4.79 Å². The van der Waals surface area contributed by atoms with Crippen LogP contribution in [0.2, 0.25) is 5.02 Å². The molecule has 0 aliphatic carbocycles. The molecular weight excluding hydrogens is 276 g/mol. The van der Waals surface area contributed by atoms with E-state index >= 15 is 0 Å². The molecule has 1 aromatic rings. The molecule has 0 saturated carbocycles. The SMILES string of the molecule is CCC1CN(C(=O)c2cc(Cl)ccc2NN)CCN1C. The van der Waals surface area contributed by atoms with Gasteiger partial charge in [0, 0.05) is 30.7 Å². The fraction of sp³-hybridized carbons (Fsp3) is 0.500. The number of nitrogens with two attached hydrogens (primary N) is 1. The van der Waals surface area contributed by atoms with Crippen molar-refractivity contribution in [1.82, 2.24) is 9.80 Å². The van der Waals surface area contributed by atoms with Crippen molar-refractivity contribution in [2.75, 3.05) is 32.1 Å². The molecule has 1 amide bonds. The molecule has 0 bridgehead atoms. The fourth-order valence-corrected chi connectivity index (χ4v) is 2.73. The molecule has 110 valence electrons. The lowest BCUT2D eigenvalue weighted by molar-refractivity contribution is 0.0543. The van der Waals surface area contributed by atoms with Crippen molar-refractivity contribution in [1.29, 1.82) is 0 Å². The van der Waals surface area contributed by atoms with Crippen molar-refractivity contribution in [3.63, 3.8) is 0 Å². The Kier molecular flexibility index (Phi) is 4.86. The van der Waals surface area contributed by atoms with Crippen molar-refractivity contribution >= 4 is 23.2 Å². The number of likely N-dealkylation sites (N-methyl/N-ethyl adjacent to an activating group) is 1. The Morgan fingerprint density at radius 3 is 2.90 bits per heavy atom. The summed E-state index contributed by atoms with van der Waals surface area (Å²) in [5, 5.41) is 0.536. The first-order valence-electron chi connectivity index (χ1n) is 6.82. The number of nitrogens with zero attached hydrogens (tertiary/aromatic N) is 2. The van der Waals surface area contributed by atoms with Gasteiger partial charge in [0.25, 0.3) is 5.91 Å². The average Bonchev–Trinajstić information content (AvgIpc) is 2.47. The second-order valence-electron chi connectivity index (χ2n) is 5.13. The number of halogens is 1. The molecule has 1 aliphatic rings. The van der Waals surface area contributed by atoms with Crippen LogP contribution in [0, 0.1) is 0 Å². The summed E-state index contributed by atoms with van der Waals surface area (Å²) in [6.45, 7) is 4.49. The van der Waals surface area contributed by atoms with Crippen LogP contribution in [0.25, 0.3) is 0 Å². The number of benzene rings is 1. The van der Waals surface area contributed by atoms with Crippen molar-refractivity contribution in [2.45, 2.75) is 19.4 Å². The number of nitrogens with one attached hydrogen (secondary N) is 1. The fourth-order valence-electron chi connectivity index (χ4n) is 2.56. The van der Waals surface area contributed by atoms with E-state index in [2.05, 4.69) is 24.3 Å². The van der Waals surface area contributed by atoms with E-state index in [0.717, 1.165) is 26.1 Å². The maximum Gasteiger partial charge on any atom is 0.256 e. The van der Waals surface area contributed by atoms with Crippen molar-refractivity contribution in [3.8, 4) is 0 Å². The van der Waals surface area contributed by atoms with E-state index in [1.807, 2.05) is 4.90 Å². The van der Waals surface area contributed by atoms with E-state index in [1.54, 1.807) is 18.2 Å². The predicted octanol–water partition coefficient (Wildman–Crippen LogP) is 1.79. The zero-order valence-electron chi connectivity index (χ0n) is 11.9. The number of anilines is 1. The molecule has 1 aromatic carbocycles. The summed E-state index contributed by atoms with van der Waals surface area (Å²) in [4.78, 5) is 16.8. The van der Waals surface area contributed by atoms with Gasteiger partial charge in [-0.2, -0.15) is 0 Å². The number of rotatable bonds is 3. The Balaban J connectivity index is 2.21. The lowest BCUT2D eigenvalue weighted by Gasteiger charge is -2.39. The molecule has 0 radical (unpaired) electrons. The van der Waals surface area contributed by atoms with Gasteiger partial charge in [-0.25, -0.2) is 0 Å². The van der Waals surface area contributed by atoms with E-state index in [0.29, 0.717) is 22.3 Å². The predicted molar refractivity (Wildman–Crippen MR) is 81.9 cm³/mol.